The molecule has 2 rings (SSSR count). The van der Waals surface area contributed by atoms with Gasteiger partial charge in [0.05, 0.1) is 0 Å². The van der Waals surface area contributed by atoms with E-state index in [2.05, 4.69) is 41.8 Å². The Balaban J connectivity index is 2.17. The molecule has 3 nitrogen and oxygen atoms in total. The zero-order chi connectivity index (χ0) is 11.5. The van der Waals surface area contributed by atoms with E-state index < -0.39 is 0 Å². The van der Waals surface area contributed by atoms with Gasteiger partial charge in [-0.25, -0.2) is 4.98 Å². The van der Waals surface area contributed by atoms with Crippen LogP contribution in [0.15, 0.2) is 39.5 Å². The van der Waals surface area contributed by atoms with Gasteiger partial charge in [0, 0.05) is 33.8 Å². The van der Waals surface area contributed by atoms with Crippen LogP contribution in [0.1, 0.15) is 17.4 Å². The summed E-state index contributed by atoms with van der Waals surface area (Å²) in [5.74, 6) is 0.906. The third kappa shape index (κ3) is 2.93. The average molecular weight is 345 g/mol. The Morgan fingerprint density at radius 3 is 2.50 bits per heavy atom. The number of nitrogens with two attached hydrogens (primary N) is 1. The number of hydrogen-bond acceptors (Lipinski definition) is 2. The van der Waals surface area contributed by atoms with Gasteiger partial charge in [0.2, 0.25) is 0 Å². The van der Waals surface area contributed by atoms with Crippen molar-refractivity contribution in [3.8, 4) is 0 Å². The van der Waals surface area contributed by atoms with E-state index in [1.807, 2.05) is 18.2 Å². The summed E-state index contributed by atoms with van der Waals surface area (Å²) in [6, 6.07) is 5.99. The molecule has 0 bridgehead atoms. The van der Waals surface area contributed by atoms with Crippen molar-refractivity contribution in [2.75, 3.05) is 0 Å². The van der Waals surface area contributed by atoms with Gasteiger partial charge in [-0.15, -0.1) is 0 Å². The fourth-order valence-electron chi connectivity index (χ4n) is 1.52. The van der Waals surface area contributed by atoms with Crippen molar-refractivity contribution in [2.24, 2.45) is 5.73 Å². The van der Waals surface area contributed by atoms with Crippen LogP contribution in [-0.4, -0.2) is 9.97 Å². The predicted molar refractivity (Wildman–Crippen MR) is 71.1 cm³/mol. The van der Waals surface area contributed by atoms with Gasteiger partial charge in [-0.05, 0) is 23.8 Å². The van der Waals surface area contributed by atoms with Crippen molar-refractivity contribution in [2.45, 2.75) is 12.5 Å². The maximum absolute atomic E-state index is 6.12. The van der Waals surface area contributed by atoms with Crippen molar-refractivity contribution in [3.63, 3.8) is 0 Å². The highest BCUT2D eigenvalue weighted by molar-refractivity contribution is 9.11. The van der Waals surface area contributed by atoms with Gasteiger partial charge < -0.3 is 10.7 Å². The first-order chi connectivity index (χ1) is 7.65. The van der Waals surface area contributed by atoms with Crippen LogP contribution in [0, 0.1) is 0 Å². The van der Waals surface area contributed by atoms with Gasteiger partial charge in [0.25, 0.3) is 0 Å². The maximum Gasteiger partial charge on any atom is 0.107 e. The molecular weight excluding hydrogens is 334 g/mol. The lowest BCUT2D eigenvalue weighted by molar-refractivity contribution is 0.694. The number of benzene rings is 1. The Hall–Kier alpha value is -0.650. The molecule has 0 saturated carbocycles. The summed E-state index contributed by atoms with van der Waals surface area (Å²) < 4.78 is 2.04. The Labute approximate surface area is 111 Å². The minimum Gasteiger partial charge on any atom is -0.349 e. The molecule has 1 atom stereocenters. The molecule has 0 aliphatic heterocycles. The van der Waals surface area contributed by atoms with E-state index in [9.17, 15) is 0 Å². The molecule has 84 valence electrons. The van der Waals surface area contributed by atoms with Crippen molar-refractivity contribution in [3.05, 3.63) is 50.9 Å². The summed E-state index contributed by atoms with van der Waals surface area (Å²) in [5.41, 5.74) is 7.20. The van der Waals surface area contributed by atoms with Crippen LogP contribution in [0.25, 0.3) is 0 Å². The third-order valence-electron chi connectivity index (χ3n) is 2.28. The highest BCUT2D eigenvalue weighted by Gasteiger charge is 2.09. The van der Waals surface area contributed by atoms with Gasteiger partial charge in [-0.2, -0.15) is 0 Å². The number of aromatic nitrogens is 2. The van der Waals surface area contributed by atoms with Crippen LogP contribution in [0.2, 0.25) is 0 Å². The lowest BCUT2D eigenvalue weighted by Gasteiger charge is -2.11. The molecule has 0 amide bonds. The maximum atomic E-state index is 6.12. The number of hydrogen-bond donors (Lipinski definition) is 2. The van der Waals surface area contributed by atoms with Gasteiger partial charge in [0.1, 0.15) is 5.82 Å². The Morgan fingerprint density at radius 1 is 1.25 bits per heavy atom. The molecule has 16 heavy (non-hydrogen) atoms. The van der Waals surface area contributed by atoms with Gasteiger partial charge in [-0.3, -0.25) is 0 Å². The molecule has 0 radical (unpaired) electrons. The summed E-state index contributed by atoms with van der Waals surface area (Å²) in [6.45, 7) is 0. The van der Waals surface area contributed by atoms with Crippen LogP contribution >= 0.6 is 31.9 Å². The van der Waals surface area contributed by atoms with E-state index in [-0.39, 0.29) is 6.04 Å². The van der Waals surface area contributed by atoms with Crippen LogP contribution in [0.4, 0.5) is 0 Å². The molecule has 0 aliphatic carbocycles. The first-order valence-electron chi connectivity index (χ1n) is 4.85. The summed E-state index contributed by atoms with van der Waals surface area (Å²) in [7, 11) is 0. The molecule has 1 aromatic carbocycles. The van der Waals surface area contributed by atoms with E-state index in [1.54, 1.807) is 12.4 Å². The minimum absolute atomic E-state index is 0.0556. The predicted octanol–water partition coefficient (Wildman–Crippen LogP) is 3.18. The van der Waals surface area contributed by atoms with Crippen LogP contribution in [-0.2, 0) is 6.42 Å². The highest BCUT2D eigenvalue weighted by atomic mass is 79.9. The van der Waals surface area contributed by atoms with Crippen molar-refractivity contribution in [1.29, 1.82) is 0 Å². The number of rotatable bonds is 3. The van der Waals surface area contributed by atoms with E-state index in [4.69, 9.17) is 5.73 Å². The first-order valence-corrected chi connectivity index (χ1v) is 6.43. The standard InChI is InChI=1S/C11H11Br2N3/c12-8-3-7(4-9(13)5-8)10(14)6-11-15-1-2-16-11/h1-5,10H,6,14H2,(H,15,16). The summed E-state index contributed by atoms with van der Waals surface area (Å²) >= 11 is 6.90. The average Bonchev–Trinajstić information content (AvgIpc) is 2.68. The molecule has 2 aromatic rings. The van der Waals surface area contributed by atoms with Crippen LogP contribution in [0.3, 0.4) is 0 Å². The molecule has 1 aromatic heterocycles. The normalized spacial score (nSPS) is 12.7. The molecule has 0 fully saturated rings. The topological polar surface area (TPSA) is 54.7 Å². The van der Waals surface area contributed by atoms with Gasteiger partial charge in [-0.1, -0.05) is 31.9 Å². The lowest BCUT2D eigenvalue weighted by Crippen LogP contribution is -2.14. The number of halogens is 2. The molecule has 1 heterocycles. The van der Waals surface area contributed by atoms with E-state index in [0.29, 0.717) is 6.42 Å². The quantitative estimate of drug-likeness (QED) is 0.898. The zero-order valence-electron chi connectivity index (χ0n) is 8.45. The van der Waals surface area contributed by atoms with Crippen molar-refractivity contribution in [1.82, 2.24) is 9.97 Å². The second-order valence-corrected chi connectivity index (χ2v) is 5.38. The Morgan fingerprint density at radius 2 is 1.94 bits per heavy atom. The molecule has 3 N–H and O–H groups in total. The van der Waals surface area contributed by atoms with Gasteiger partial charge >= 0.3 is 0 Å². The second-order valence-electron chi connectivity index (χ2n) is 3.55. The number of H-pyrrole nitrogens is 1. The summed E-state index contributed by atoms with van der Waals surface area (Å²) in [5, 5.41) is 0. The van der Waals surface area contributed by atoms with Gasteiger partial charge in [0.15, 0.2) is 0 Å². The largest absolute Gasteiger partial charge is 0.349 e. The number of nitrogens with one attached hydrogen (secondary N) is 1. The fourth-order valence-corrected chi connectivity index (χ4v) is 2.85. The Bertz CT molecular complexity index is 448. The van der Waals surface area contributed by atoms with Crippen LogP contribution < -0.4 is 5.73 Å². The summed E-state index contributed by atoms with van der Waals surface area (Å²) in [4.78, 5) is 7.22. The first kappa shape index (κ1) is 11.8. The number of imidazole rings is 1. The molecule has 0 saturated heterocycles. The van der Waals surface area contributed by atoms with Crippen LogP contribution in [0.5, 0.6) is 0 Å². The van der Waals surface area contributed by atoms with Crippen molar-refractivity contribution >= 4 is 31.9 Å². The van der Waals surface area contributed by atoms with E-state index >= 15 is 0 Å². The van der Waals surface area contributed by atoms with Crippen molar-refractivity contribution < 1.29 is 0 Å². The third-order valence-corrected chi connectivity index (χ3v) is 3.20. The monoisotopic (exact) mass is 343 g/mol. The zero-order valence-corrected chi connectivity index (χ0v) is 11.6. The number of nitrogens with zero attached hydrogens (tertiary/aromatic N) is 1. The number of aromatic amines is 1. The highest BCUT2D eigenvalue weighted by Crippen LogP contribution is 2.24. The molecule has 0 aliphatic rings. The fraction of sp³-hybridized carbons (Fsp3) is 0.182. The molecular formula is C11H11Br2N3. The molecule has 5 heteroatoms. The molecule has 1 unspecified atom stereocenters. The molecule has 0 spiro atoms. The second kappa shape index (κ2) is 5.12. The minimum atomic E-state index is -0.0556. The lowest BCUT2D eigenvalue weighted by atomic mass is 10.0. The van der Waals surface area contributed by atoms with E-state index in [1.165, 1.54) is 0 Å². The Kier molecular flexibility index (Phi) is 3.78. The smallest absolute Gasteiger partial charge is 0.107 e. The van der Waals surface area contributed by atoms with E-state index in [0.717, 1.165) is 20.3 Å². The SMILES string of the molecule is NC(Cc1ncc[nH]1)c1cc(Br)cc(Br)c1. The summed E-state index contributed by atoms with van der Waals surface area (Å²) in [6.07, 6.45) is 4.24.